The van der Waals surface area contributed by atoms with Crippen LogP contribution in [0.1, 0.15) is 37.3 Å². The summed E-state index contributed by atoms with van der Waals surface area (Å²) < 4.78 is 2.28. The zero-order valence-corrected chi connectivity index (χ0v) is 11.9. The Balaban J connectivity index is 1.44. The molecule has 2 N–H and O–H groups in total. The van der Waals surface area contributed by atoms with Gasteiger partial charge in [-0.15, -0.1) is 10.2 Å². The van der Waals surface area contributed by atoms with E-state index in [0.29, 0.717) is 0 Å². The Hall–Kier alpha value is -1.43. The van der Waals surface area contributed by atoms with Crippen LogP contribution in [0.2, 0.25) is 0 Å². The van der Waals surface area contributed by atoms with Crippen LogP contribution in [0.4, 0.5) is 0 Å². The molecule has 110 valence electrons. The molecular weight excluding hydrogens is 254 g/mol. The monoisotopic (exact) mass is 277 g/mol. The van der Waals surface area contributed by atoms with E-state index in [4.69, 9.17) is 0 Å². The Morgan fingerprint density at radius 1 is 1.30 bits per heavy atom. The molecule has 20 heavy (non-hydrogen) atoms. The number of aryl methyl sites for hydroxylation is 2. The molecule has 2 aliphatic rings. The van der Waals surface area contributed by atoms with Gasteiger partial charge in [-0.3, -0.25) is 4.79 Å². The van der Waals surface area contributed by atoms with Crippen molar-refractivity contribution in [3.8, 4) is 0 Å². The van der Waals surface area contributed by atoms with E-state index in [1.54, 1.807) is 0 Å². The van der Waals surface area contributed by atoms with Gasteiger partial charge < -0.3 is 15.2 Å². The first-order valence-electron chi connectivity index (χ1n) is 7.74. The Morgan fingerprint density at radius 3 is 3.00 bits per heavy atom. The van der Waals surface area contributed by atoms with Crippen LogP contribution < -0.4 is 10.6 Å². The summed E-state index contributed by atoms with van der Waals surface area (Å²) in [6, 6.07) is 0. The van der Waals surface area contributed by atoms with Gasteiger partial charge in [0.15, 0.2) is 0 Å². The van der Waals surface area contributed by atoms with E-state index in [1.807, 2.05) is 0 Å². The van der Waals surface area contributed by atoms with E-state index in [1.165, 1.54) is 19.3 Å². The van der Waals surface area contributed by atoms with E-state index in [2.05, 4.69) is 25.4 Å². The van der Waals surface area contributed by atoms with Crippen LogP contribution in [0.3, 0.4) is 0 Å². The number of hydrogen-bond donors (Lipinski definition) is 2. The third kappa shape index (κ3) is 3.00. The molecule has 1 aromatic rings. The fraction of sp³-hybridized carbons (Fsp3) is 0.786. The lowest BCUT2D eigenvalue weighted by Crippen LogP contribution is -2.50. The molecule has 0 radical (unpaired) electrons. The smallest absolute Gasteiger partial charge is 0.225 e. The quantitative estimate of drug-likeness (QED) is 0.758. The van der Waals surface area contributed by atoms with Crippen molar-refractivity contribution >= 4 is 5.91 Å². The standard InChI is InChI=1S/C14H23N5O/c20-14(11-9-15-10-11)16-7-4-6-13-18-17-12-5-2-1-3-8-19(12)13/h11,15H,1-10H2,(H,16,20). The van der Waals surface area contributed by atoms with Crippen LogP contribution in [0.5, 0.6) is 0 Å². The number of nitrogens with zero attached hydrogens (tertiary/aromatic N) is 3. The predicted molar refractivity (Wildman–Crippen MR) is 75.3 cm³/mol. The lowest BCUT2D eigenvalue weighted by atomic mass is 10.0. The Labute approximate surface area is 119 Å². The van der Waals surface area contributed by atoms with E-state index in [9.17, 15) is 4.79 Å². The van der Waals surface area contributed by atoms with Gasteiger partial charge in [0.25, 0.3) is 0 Å². The zero-order chi connectivity index (χ0) is 13.8. The fourth-order valence-corrected chi connectivity index (χ4v) is 2.81. The zero-order valence-electron chi connectivity index (χ0n) is 11.9. The van der Waals surface area contributed by atoms with Gasteiger partial charge in [-0.2, -0.15) is 0 Å². The molecule has 6 nitrogen and oxygen atoms in total. The third-order valence-electron chi connectivity index (χ3n) is 4.21. The minimum Gasteiger partial charge on any atom is -0.356 e. The van der Waals surface area contributed by atoms with Crippen LogP contribution in [-0.4, -0.2) is 40.3 Å². The summed E-state index contributed by atoms with van der Waals surface area (Å²) in [4.78, 5) is 11.7. The van der Waals surface area contributed by atoms with Crippen molar-refractivity contribution in [1.29, 1.82) is 0 Å². The second-order valence-electron chi connectivity index (χ2n) is 5.74. The molecule has 3 heterocycles. The first-order chi connectivity index (χ1) is 9.84. The molecule has 0 saturated carbocycles. The Kier molecular flexibility index (Phi) is 4.30. The summed E-state index contributed by atoms with van der Waals surface area (Å²) in [7, 11) is 0. The number of carbonyl (C=O) groups is 1. The molecule has 0 aliphatic carbocycles. The summed E-state index contributed by atoms with van der Waals surface area (Å²) in [6.45, 7) is 3.43. The maximum atomic E-state index is 11.7. The molecule has 1 saturated heterocycles. The third-order valence-corrected chi connectivity index (χ3v) is 4.21. The van der Waals surface area contributed by atoms with E-state index >= 15 is 0 Å². The molecule has 0 unspecified atom stereocenters. The average Bonchev–Trinajstić information content (AvgIpc) is 2.61. The largest absolute Gasteiger partial charge is 0.356 e. The van der Waals surface area contributed by atoms with Crippen molar-refractivity contribution in [3.63, 3.8) is 0 Å². The van der Waals surface area contributed by atoms with Crippen molar-refractivity contribution < 1.29 is 4.79 Å². The summed E-state index contributed by atoms with van der Waals surface area (Å²) in [6.07, 6.45) is 6.62. The van der Waals surface area contributed by atoms with Crippen LogP contribution in [-0.2, 0) is 24.2 Å². The highest BCUT2D eigenvalue weighted by molar-refractivity contribution is 5.79. The molecule has 0 bridgehead atoms. The maximum Gasteiger partial charge on any atom is 0.225 e. The van der Waals surface area contributed by atoms with Crippen LogP contribution in [0.25, 0.3) is 0 Å². The number of nitrogens with one attached hydrogen (secondary N) is 2. The lowest BCUT2D eigenvalue weighted by Gasteiger charge is -2.25. The highest BCUT2D eigenvalue weighted by Gasteiger charge is 2.24. The van der Waals surface area contributed by atoms with E-state index in [-0.39, 0.29) is 11.8 Å². The number of rotatable bonds is 5. The van der Waals surface area contributed by atoms with Gasteiger partial charge in [-0.05, 0) is 19.3 Å². The van der Waals surface area contributed by atoms with Crippen LogP contribution in [0, 0.1) is 5.92 Å². The number of hydrogen-bond acceptors (Lipinski definition) is 4. The first-order valence-corrected chi connectivity index (χ1v) is 7.74. The number of aromatic nitrogens is 3. The molecule has 1 amide bonds. The normalized spacial score (nSPS) is 19.0. The van der Waals surface area contributed by atoms with Gasteiger partial charge in [0.05, 0.1) is 5.92 Å². The maximum absolute atomic E-state index is 11.7. The van der Waals surface area contributed by atoms with Crippen molar-refractivity contribution in [2.75, 3.05) is 19.6 Å². The first kappa shape index (κ1) is 13.5. The van der Waals surface area contributed by atoms with E-state index < -0.39 is 0 Å². The van der Waals surface area contributed by atoms with Crippen LogP contribution in [0.15, 0.2) is 0 Å². The van der Waals surface area contributed by atoms with Crippen molar-refractivity contribution in [1.82, 2.24) is 25.4 Å². The Morgan fingerprint density at radius 2 is 2.20 bits per heavy atom. The lowest BCUT2D eigenvalue weighted by molar-refractivity contribution is -0.126. The minimum atomic E-state index is 0.180. The van der Waals surface area contributed by atoms with Crippen molar-refractivity contribution in [2.24, 2.45) is 5.92 Å². The molecule has 1 fully saturated rings. The SMILES string of the molecule is O=C(NCCCc1nnc2n1CCCCC2)C1CNC1. The van der Waals surface area contributed by atoms with Gasteiger partial charge in [-0.25, -0.2) is 0 Å². The summed E-state index contributed by atoms with van der Waals surface area (Å²) in [5.74, 6) is 2.59. The molecule has 0 aromatic carbocycles. The summed E-state index contributed by atoms with van der Waals surface area (Å²) >= 11 is 0. The highest BCUT2D eigenvalue weighted by atomic mass is 16.2. The second-order valence-corrected chi connectivity index (χ2v) is 5.74. The predicted octanol–water partition coefficient (Wildman–Crippen LogP) is 0.273. The topological polar surface area (TPSA) is 71.8 Å². The molecule has 2 aliphatic heterocycles. The molecular formula is C14H23N5O. The fourth-order valence-electron chi connectivity index (χ4n) is 2.81. The van der Waals surface area contributed by atoms with Gasteiger partial charge >= 0.3 is 0 Å². The molecule has 3 rings (SSSR count). The highest BCUT2D eigenvalue weighted by Crippen LogP contribution is 2.15. The number of carbonyl (C=O) groups excluding carboxylic acids is 1. The van der Waals surface area contributed by atoms with Gasteiger partial charge in [0.2, 0.25) is 5.91 Å². The second kappa shape index (κ2) is 6.35. The van der Waals surface area contributed by atoms with Gasteiger partial charge in [-0.1, -0.05) is 6.42 Å². The molecule has 0 spiro atoms. The minimum absolute atomic E-state index is 0.180. The molecule has 1 aromatic heterocycles. The summed E-state index contributed by atoms with van der Waals surface area (Å²) in [5, 5.41) is 14.7. The molecule has 6 heteroatoms. The average molecular weight is 277 g/mol. The molecule has 0 atom stereocenters. The van der Waals surface area contributed by atoms with E-state index in [0.717, 1.165) is 57.1 Å². The number of amides is 1. The van der Waals surface area contributed by atoms with Crippen LogP contribution >= 0.6 is 0 Å². The number of fused-ring (bicyclic) bond motifs is 1. The summed E-state index contributed by atoms with van der Waals surface area (Å²) in [5.41, 5.74) is 0. The van der Waals surface area contributed by atoms with Crippen molar-refractivity contribution in [3.05, 3.63) is 11.6 Å². The van der Waals surface area contributed by atoms with Gasteiger partial charge in [0, 0.05) is 39.0 Å². The van der Waals surface area contributed by atoms with Gasteiger partial charge in [0.1, 0.15) is 11.6 Å². The Bertz CT molecular complexity index is 466. The van der Waals surface area contributed by atoms with Crippen molar-refractivity contribution in [2.45, 2.75) is 45.1 Å².